The van der Waals surface area contributed by atoms with Crippen LogP contribution in [0.15, 0.2) is 53.0 Å². The third-order valence-corrected chi connectivity index (χ3v) is 5.22. The summed E-state index contributed by atoms with van der Waals surface area (Å²) >= 11 is 9.57. The largest absolute Gasteiger partial charge is 0.464 e. The van der Waals surface area contributed by atoms with E-state index < -0.39 is 18.1 Å². The molecule has 2 aromatic carbocycles. The molecule has 2 atom stereocenters. The van der Waals surface area contributed by atoms with Gasteiger partial charge in [0.2, 0.25) is 11.8 Å². The van der Waals surface area contributed by atoms with E-state index in [1.807, 2.05) is 30.3 Å². The number of benzene rings is 2. The first-order valence-corrected chi connectivity index (χ1v) is 10.7. The zero-order chi connectivity index (χ0) is 22.1. The Morgan fingerprint density at radius 3 is 2.33 bits per heavy atom. The van der Waals surface area contributed by atoms with Crippen LogP contribution in [-0.4, -0.2) is 30.4 Å². The van der Waals surface area contributed by atoms with Gasteiger partial charge in [0, 0.05) is 22.8 Å². The predicted octanol–water partition coefficient (Wildman–Crippen LogP) is 3.96. The van der Waals surface area contributed by atoms with Gasteiger partial charge in [-0.25, -0.2) is 4.79 Å². The lowest BCUT2D eigenvalue weighted by Crippen LogP contribution is -2.44. The van der Waals surface area contributed by atoms with Gasteiger partial charge in [-0.1, -0.05) is 57.9 Å². The van der Waals surface area contributed by atoms with Crippen molar-refractivity contribution < 1.29 is 19.1 Å². The summed E-state index contributed by atoms with van der Waals surface area (Å²) in [4.78, 5) is 36.8. The number of hydrogen-bond acceptors (Lipinski definition) is 4. The Bertz CT molecular complexity index is 889. The summed E-state index contributed by atoms with van der Waals surface area (Å²) in [6.07, 6.45) is 0.174. The highest BCUT2D eigenvalue weighted by atomic mass is 79.9. The molecule has 0 saturated heterocycles. The number of hydrogen-bond donors (Lipinski definition) is 2. The standard InChI is InChI=1S/C22H24BrClN2O4/c1-3-30-22(29)20(12-16-6-4-5-7-18(16)24)26-21(28)13-19(25-14(2)27)15-8-10-17(23)11-9-15/h4-11,19-20H,3,12-13H2,1-2H3,(H,25,27)(H,26,28). The fourth-order valence-electron chi connectivity index (χ4n) is 2.95. The molecule has 0 heterocycles. The van der Waals surface area contributed by atoms with Crippen molar-refractivity contribution in [3.63, 3.8) is 0 Å². The van der Waals surface area contributed by atoms with Gasteiger partial charge in [-0.2, -0.15) is 0 Å². The van der Waals surface area contributed by atoms with E-state index in [0.29, 0.717) is 5.02 Å². The zero-order valence-electron chi connectivity index (χ0n) is 16.8. The Morgan fingerprint density at radius 1 is 1.07 bits per heavy atom. The molecule has 0 bridgehead atoms. The molecule has 0 aliphatic heterocycles. The molecule has 2 N–H and O–H groups in total. The molecule has 2 unspecified atom stereocenters. The van der Waals surface area contributed by atoms with E-state index in [1.54, 1.807) is 25.1 Å². The minimum atomic E-state index is -0.889. The van der Waals surface area contributed by atoms with Crippen LogP contribution in [0.4, 0.5) is 0 Å². The monoisotopic (exact) mass is 494 g/mol. The molecule has 6 nitrogen and oxygen atoms in total. The van der Waals surface area contributed by atoms with Gasteiger partial charge in [0.05, 0.1) is 19.1 Å². The van der Waals surface area contributed by atoms with E-state index in [-0.39, 0.29) is 31.3 Å². The SMILES string of the molecule is CCOC(=O)C(Cc1ccccc1Cl)NC(=O)CC(NC(C)=O)c1ccc(Br)cc1. The molecule has 2 rings (SSSR count). The maximum atomic E-state index is 12.8. The van der Waals surface area contributed by atoms with Gasteiger partial charge in [0.1, 0.15) is 6.04 Å². The zero-order valence-corrected chi connectivity index (χ0v) is 19.1. The molecule has 0 aromatic heterocycles. The Hall–Kier alpha value is -2.38. The molecule has 0 fully saturated rings. The minimum absolute atomic E-state index is 0.0281. The molecule has 0 saturated carbocycles. The van der Waals surface area contributed by atoms with E-state index in [2.05, 4.69) is 26.6 Å². The highest BCUT2D eigenvalue weighted by Crippen LogP contribution is 2.21. The lowest BCUT2D eigenvalue weighted by molar-refractivity contribution is -0.147. The third-order valence-electron chi connectivity index (χ3n) is 4.33. The van der Waals surface area contributed by atoms with Crippen molar-refractivity contribution in [3.8, 4) is 0 Å². The molecular weight excluding hydrogens is 472 g/mol. The number of nitrogens with one attached hydrogen (secondary N) is 2. The number of esters is 1. The summed E-state index contributed by atoms with van der Waals surface area (Å²) in [5.41, 5.74) is 1.51. The first kappa shape index (κ1) is 23.9. The van der Waals surface area contributed by atoms with Crippen LogP contribution in [0.5, 0.6) is 0 Å². The summed E-state index contributed by atoms with van der Waals surface area (Å²) in [5.74, 6) is -1.18. The molecule has 0 radical (unpaired) electrons. The van der Waals surface area contributed by atoms with Gasteiger partial charge in [0.15, 0.2) is 0 Å². The third kappa shape index (κ3) is 7.46. The van der Waals surface area contributed by atoms with Crippen LogP contribution in [0.3, 0.4) is 0 Å². The normalized spacial score (nSPS) is 12.5. The van der Waals surface area contributed by atoms with Crippen LogP contribution in [0.1, 0.15) is 37.4 Å². The van der Waals surface area contributed by atoms with Gasteiger partial charge in [-0.05, 0) is 36.2 Å². The van der Waals surface area contributed by atoms with Crippen molar-refractivity contribution in [2.75, 3.05) is 6.61 Å². The fraction of sp³-hybridized carbons (Fsp3) is 0.318. The average Bonchev–Trinajstić information content (AvgIpc) is 2.69. The second kappa shape index (κ2) is 11.7. The second-order valence-electron chi connectivity index (χ2n) is 6.68. The van der Waals surface area contributed by atoms with Crippen molar-refractivity contribution in [2.24, 2.45) is 0 Å². The first-order valence-electron chi connectivity index (χ1n) is 9.52. The van der Waals surface area contributed by atoms with Gasteiger partial charge in [-0.15, -0.1) is 0 Å². The van der Waals surface area contributed by atoms with Gasteiger partial charge >= 0.3 is 5.97 Å². The topological polar surface area (TPSA) is 84.5 Å². The lowest BCUT2D eigenvalue weighted by Gasteiger charge is -2.21. The van der Waals surface area contributed by atoms with Crippen LogP contribution in [0.25, 0.3) is 0 Å². The quantitative estimate of drug-likeness (QED) is 0.516. The fourth-order valence-corrected chi connectivity index (χ4v) is 3.43. The van der Waals surface area contributed by atoms with Gasteiger partial charge < -0.3 is 15.4 Å². The van der Waals surface area contributed by atoms with Crippen LogP contribution in [0, 0.1) is 0 Å². The molecule has 2 aromatic rings. The number of amides is 2. The van der Waals surface area contributed by atoms with Crippen LogP contribution in [0.2, 0.25) is 5.02 Å². The minimum Gasteiger partial charge on any atom is -0.464 e. The number of carbonyl (C=O) groups is 3. The first-order chi connectivity index (χ1) is 14.3. The Balaban J connectivity index is 2.15. The highest BCUT2D eigenvalue weighted by molar-refractivity contribution is 9.10. The smallest absolute Gasteiger partial charge is 0.328 e. The molecule has 0 aliphatic rings. The van der Waals surface area contributed by atoms with Crippen molar-refractivity contribution >= 4 is 45.3 Å². The maximum Gasteiger partial charge on any atom is 0.328 e. The Morgan fingerprint density at radius 2 is 1.73 bits per heavy atom. The van der Waals surface area contributed by atoms with Crippen molar-refractivity contribution in [2.45, 2.75) is 38.8 Å². The van der Waals surface area contributed by atoms with E-state index in [9.17, 15) is 14.4 Å². The number of halogens is 2. The molecule has 30 heavy (non-hydrogen) atoms. The molecule has 2 amide bonds. The van der Waals surface area contributed by atoms with Crippen molar-refractivity contribution in [1.29, 1.82) is 0 Å². The molecule has 160 valence electrons. The van der Waals surface area contributed by atoms with Crippen molar-refractivity contribution in [1.82, 2.24) is 10.6 Å². The number of rotatable bonds is 9. The van der Waals surface area contributed by atoms with Crippen LogP contribution in [-0.2, 0) is 25.5 Å². The lowest BCUT2D eigenvalue weighted by atomic mass is 10.0. The highest BCUT2D eigenvalue weighted by Gasteiger charge is 2.25. The molecule has 0 aliphatic carbocycles. The number of carbonyl (C=O) groups excluding carboxylic acids is 3. The van der Waals surface area contributed by atoms with Crippen molar-refractivity contribution in [3.05, 3.63) is 69.2 Å². The van der Waals surface area contributed by atoms with E-state index in [1.165, 1.54) is 6.92 Å². The molecule has 0 spiro atoms. The van der Waals surface area contributed by atoms with E-state index in [0.717, 1.165) is 15.6 Å². The molecule has 8 heteroatoms. The number of ether oxygens (including phenoxy) is 1. The summed E-state index contributed by atoms with van der Waals surface area (Å²) in [6, 6.07) is 13.0. The van der Waals surface area contributed by atoms with E-state index in [4.69, 9.17) is 16.3 Å². The van der Waals surface area contributed by atoms with Gasteiger partial charge in [-0.3, -0.25) is 9.59 Å². The van der Waals surface area contributed by atoms with Crippen LogP contribution >= 0.6 is 27.5 Å². The maximum absolute atomic E-state index is 12.8. The average molecular weight is 496 g/mol. The Kier molecular flexibility index (Phi) is 9.33. The molecular formula is C22H24BrClN2O4. The van der Waals surface area contributed by atoms with E-state index >= 15 is 0 Å². The van der Waals surface area contributed by atoms with Gasteiger partial charge in [0.25, 0.3) is 0 Å². The second-order valence-corrected chi connectivity index (χ2v) is 8.00. The predicted molar refractivity (Wildman–Crippen MR) is 119 cm³/mol. The van der Waals surface area contributed by atoms with Crippen LogP contribution < -0.4 is 10.6 Å². The summed E-state index contributed by atoms with van der Waals surface area (Å²) in [5, 5.41) is 6.02. The summed E-state index contributed by atoms with van der Waals surface area (Å²) in [6.45, 7) is 3.29. The summed E-state index contributed by atoms with van der Waals surface area (Å²) in [7, 11) is 0. The Labute approximate surface area is 189 Å². The summed E-state index contributed by atoms with van der Waals surface area (Å²) < 4.78 is 6.00.